The number of rotatable bonds is 7. The van der Waals surface area contributed by atoms with Gasteiger partial charge in [0.2, 0.25) is 11.8 Å². The van der Waals surface area contributed by atoms with Gasteiger partial charge in [-0.1, -0.05) is 49.4 Å². The molecule has 0 unspecified atom stereocenters. The van der Waals surface area contributed by atoms with E-state index in [1.807, 2.05) is 85.2 Å². The van der Waals surface area contributed by atoms with Crippen molar-refractivity contribution in [2.45, 2.75) is 32.9 Å². The maximum atomic E-state index is 13.4. The zero-order valence-electron chi connectivity index (χ0n) is 17.3. The van der Waals surface area contributed by atoms with Gasteiger partial charge in [-0.05, 0) is 38.1 Å². The van der Waals surface area contributed by atoms with Crippen molar-refractivity contribution in [3.05, 3.63) is 60.2 Å². The minimum Gasteiger partial charge on any atom is -0.489 e. The Hall–Kier alpha value is -2.86. The molecule has 1 heterocycles. The molecule has 0 aliphatic carbocycles. The third-order valence-corrected chi connectivity index (χ3v) is 4.91. The van der Waals surface area contributed by atoms with Gasteiger partial charge in [-0.3, -0.25) is 19.4 Å². The molecule has 154 valence electrons. The molecule has 1 aliphatic heterocycles. The van der Waals surface area contributed by atoms with E-state index in [0.717, 1.165) is 11.3 Å². The summed E-state index contributed by atoms with van der Waals surface area (Å²) in [5.74, 6) is 0.582. The minimum absolute atomic E-state index is 0.0474. The molecule has 0 saturated heterocycles. The van der Waals surface area contributed by atoms with E-state index in [9.17, 15) is 9.59 Å². The molecule has 6 nitrogen and oxygen atoms in total. The maximum Gasteiger partial charge on any atom is 0.241 e. The molecule has 3 rings (SSSR count). The lowest BCUT2D eigenvalue weighted by molar-refractivity contribution is -0.124. The summed E-state index contributed by atoms with van der Waals surface area (Å²) in [7, 11) is 0. The van der Waals surface area contributed by atoms with Crippen LogP contribution in [-0.2, 0) is 9.59 Å². The van der Waals surface area contributed by atoms with Crippen LogP contribution in [0.5, 0.6) is 5.75 Å². The van der Waals surface area contributed by atoms with Gasteiger partial charge >= 0.3 is 0 Å². The van der Waals surface area contributed by atoms with E-state index in [1.165, 1.54) is 0 Å². The quantitative estimate of drug-likeness (QED) is 0.783. The smallest absolute Gasteiger partial charge is 0.241 e. The van der Waals surface area contributed by atoms with E-state index >= 15 is 0 Å². The van der Waals surface area contributed by atoms with Crippen molar-refractivity contribution < 1.29 is 14.3 Å². The standard InChI is InChI=1S/C23H29N3O3/c1-4-25(14-22(27)24-17(2)3)15-23(28)26-19-12-8-9-13-21(19)29-16-20(26)18-10-6-5-7-11-18/h5-13,17,20H,4,14-16H2,1-3H3,(H,24,27)/t20-/m0/s1. The molecular formula is C23H29N3O3. The fourth-order valence-corrected chi connectivity index (χ4v) is 3.54. The van der Waals surface area contributed by atoms with Crippen LogP contribution in [0, 0.1) is 0 Å². The number of amides is 2. The molecule has 0 radical (unpaired) electrons. The molecule has 0 spiro atoms. The Morgan fingerprint density at radius 1 is 1.10 bits per heavy atom. The highest BCUT2D eigenvalue weighted by Gasteiger charge is 2.33. The van der Waals surface area contributed by atoms with Crippen LogP contribution in [0.15, 0.2) is 54.6 Å². The molecule has 0 saturated carbocycles. The number of nitrogens with one attached hydrogen (secondary N) is 1. The Kier molecular flexibility index (Phi) is 6.88. The first kappa shape index (κ1) is 20.9. The molecule has 0 fully saturated rings. The second kappa shape index (κ2) is 9.56. The first-order chi connectivity index (χ1) is 14.0. The molecule has 0 bridgehead atoms. The van der Waals surface area contributed by atoms with Crippen molar-refractivity contribution in [3.63, 3.8) is 0 Å². The maximum absolute atomic E-state index is 13.4. The summed E-state index contributed by atoms with van der Waals surface area (Å²) < 4.78 is 5.94. The third-order valence-electron chi connectivity index (χ3n) is 4.91. The van der Waals surface area contributed by atoms with Crippen LogP contribution in [0.4, 0.5) is 5.69 Å². The van der Waals surface area contributed by atoms with Gasteiger partial charge in [-0.25, -0.2) is 0 Å². The highest BCUT2D eigenvalue weighted by molar-refractivity contribution is 5.97. The second-order valence-corrected chi connectivity index (χ2v) is 7.49. The molecule has 0 aromatic heterocycles. The number of anilines is 1. The molecule has 1 N–H and O–H groups in total. The summed E-state index contributed by atoms with van der Waals surface area (Å²) in [6.07, 6.45) is 0. The summed E-state index contributed by atoms with van der Waals surface area (Å²) >= 11 is 0. The summed E-state index contributed by atoms with van der Waals surface area (Å²) in [6, 6.07) is 17.4. The normalized spacial score (nSPS) is 15.8. The van der Waals surface area contributed by atoms with Crippen LogP contribution in [0.1, 0.15) is 32.4 Å². The lowest BCUT2D eigenvalue weighted by Crippen LogP contribution is -2.48. The SMILES string of the molecule is CCN(CC(=O)NC(C)C)CC(=O)N1c2ccccc2OC[C@H]1c1ccccc1. The Morgan fingerprint density at radius 3 is 2.48 bits per heavy atom. The summed E-state index contributed by atoms with van der Waals surface area (Å²) in [5.41, 5.74) is 1.79. The summed E-state index contributed by atoms with van der Waals surface area (Å²) in [4.78, 5) is 29.3. The predicted octanol–water partition coefficient (Wildman–Crippen LogP) is 3.00. The van der Waals surface area contributed by atoms with E-state index in [1.54, 1.807) is 0 Å². The number of carbonyl (C=O) groups excluding carboxylic acids is 2. The lowest BCUT2D eigenvalue weighted by Gasteiger charge is -2.38. The van der Waals surface area contributed by atoms with Gasteiger partial charge in [0.15, 0.2) is 0 Å². The van der Waals surface area contributed by atoms with Crippen LogP contribution in [-0.4, -0.2) is 49.0 Å². The fourth-order valence-electron chi connectivity index (χ4n) is 3.54. The Labute approximate surface area is 172 Å². The van der Waals surface area contributed by atoms with E-state index in [-0.39, 0.29) is 37.0 Å². The number of fused-ring (bicyclic) bond motifs is 1. The van der Waals surface area contributed by atoms with Gasteiger partial charge in [0, 0.05) is 6.04 Å². The first-order valence-electron chi connectivity index (χ1n) is 10.1. The molecule has 2 aromatic carbocycles. The van der Waals surface area contributed by atoms with Crippen LogP contribution in [0.25, 0.3) is 0 Å². The van der Waals surface area contributed by atoms with E-state index < -0.39 is 0 Å². The van der Waals surface area contributed by atoms with Gasteiger partial charge < -0.3 is 10.1 Å². The van der Waals surface area contributed by atoms with Gasteiger partial charge in [-0.15, -0.1) is 0 Å². The van der Waals surface area contributed by atoms with Crippen LogP contribution in [0.3, 0.4) is 0 Å². The molecule has 6 heteroatoms. The number of hydrogen-bond acceptors (Lipinski definition) is 4. The zero-order valence-corrected chi connectivity index (χ0v) is 17.3. The molecule has 2 amide bonds. The number of likely N-dealkylation sites (N-methyl/N-ethyl adjacent to an activating group) is 1. The summed E-state index contributed by atoms with van der Waals surface area (Å²) in [6.45, 7) is 7.18. The van der Waals surface area contributed by atoms with Gasteiger partial charge in [-0.2, -0.15) is 0 Å². The van der Waals surface area contributed by atoms with E-state index in [2.05, 4.69) is 5.32 Å². The van der Waals surface area contributed by atoms with Crippen molar-refractivity contribution in [2.24, 2.45) is 0 Å². The largest absolute Gasteiger partial charge is 0.489 e. The number of ether oxygens (including phenoxy) is 1. The van der Waals surface area contributed by atoms with Crippen molar-refractivity contribution in [2.75, 3.05) is 31.1 Å². The Morgan fingerprint density at radius 2 is 1.79 bits per heavy atom. The lowest BCUT2D eigenvalue weighted by atomic mass is 10.0. The number of benzene rings is 2. The van der Waals surface area contributed by atoms with Crippen LogP contribution >= 0.6 is 0 Å². The topological polar surface area (TPSA) is 61.9 Å². The van der Waals surface area contributed by atoms with E-state index in [0.29, 0.717) is 18.9 Å². The van der Waals surface area contributed by atoms with Gasteiger partial charge in [0.05, 0.1) is 24.8 Å². The Balaban J connectivity index is 1.83. The summed E-state index contributed by atoms with van der Waals surface area (Å²) in [5, 5.41) is 2.89. The zero-order chi connectivity index (χ0) is 20.8. The average molecular weight is 396 g/mol. The second-order valence-electron chi connectivity index (χ2n) is 7.49. The van der Waals surface area contributed by atoms with Crippen LogP contribution < -0.4 is 15.0 Å². The first-order valence-corrected chi connectivity index (χ1v) is 10.1. The molecule has 2 aromatic rings. The fraction of sp³-hybridized carbons (Fsp3) is 0.391. The van der Waals surface area contributed by atoms with Gasteiger partial charge in [0.25, 0.3) is 0 Å². The third kappa shape index (κ3) is 5.15. The average Bonchev–Trinajstić information content (AvgIpc) is 2.72. The Bertz CT molecular complexity index is 838. The van der Waals surface area contributed by atoms with Crippen molar-refractivity contribution >= 4 is 17.5 Å². The predicted molar refractivity (Wildman–Crippen MR) is 114 cm³/mol. The number of nitrogens with zero attached hydrogens (tertiary/aromatic N) is 2. The van der Waals surface area contributed by atoms with Crippen molar-refractivity contribution in [1.29, 1.82) is 0 Å². The van der Waals surface area contributed by atoms with Crippen molar-refractivity contribution in [1.82, 2.24) is 10.2 Å². The number of carbonyl (C=O) groups is 2. The van der Waals surface area contributed by atoms with E-state index in [4.69, 9.17) is 4.74 Å². The highest BCUT2D eigenvalue weighted by Crippen LogP contribution is 2.39. The number of para-hydroxylation sites is 2. The molecule has 29 heavy (non-hydrogen) atoms. The molecular weight excluding hydrogens is 366 g/mol. The minimum atomic E-state index is -0.207. The number of hydrogen-bond donors (Lipinski definition) is 1. The highest BCUT2D eigenvalue weighted by atomic mass is 16.5. The molecule has 1 aliphatic rings. The van der Waals surface area contributed by atoms with Crippen LogP contribution in [0.2, 0.25) is 0 Å². The molecule has 1 atom stereocenters. The van der Waals surface area contributed by atoms with Crippen molar-refractivity contribution in [3.8, 4) is 5.75 Å². The monoisotopic (exact) mass is 395 g/mol. The van der Waals surface area contributed by atoms with Gasteiger partial charge in [0.1, 0.15) is 12.4 Å².